The van der Waals surface area contributed by atoms with E-state index in [1.807, 2.05) is 66.7 Å². The number of anilines is 1. The predicted molar refractivity (Wildman–Crippen MR) is 97.7 cm³/mol. The van der Waals surface area contributed by atoms with E-state index < -0.39 is 18.0 Å². The first kappa shape index (κ1) is 16.5. The van der Waals surface area contributed by atoms with Gasteiger partial charge in [-0.1, -0.05) is 66.7 Å². The van der Waals surface area contributed by atoms with Gasteiger partial charge in [-0.2, -0.15) is 0 Å². The first-order valence-corrected chi connectivity index (χ1v) is 7.95. The molecular formula is C20H18N2O3. The van der Waals surface area contributed by atoms with Gasteiger partial charge in [0.15, 0.2) is 0 Å². The first-order valence-electron chi connectivity index (χ1n) is 7.95. The summed E-state index contributed by atoms with van der Waals surface area (Å²) >= 11 is 0. The molecule has 5 nitrogen and oxygen atoms in total. The molecule has 25 heavy (non-hydrogen) atoms. The topological polar surface area (TPSA) is 78.4 Å². The van der Waals surface area contributed by atoms with Gasteiger partial charge in [0.25, 0.3) is 0 Å². The summed E-state index contributed by atoms with van der Waals surface area (Å²) in [4.78, 5) is 23.7. The maximum Gasteiger partial charge on any atom is 0.326 e. The van der Waals surface area contributed by atoms with Crippen molar-refractivity contribution in [3.8, 4) is 0 Å². The first-order chi connectivity index (χ1) is 12.1. The number of aliphatic carboxylic acids is 1. The molecule has 0 saturated carbocycles. The van der Waals surface area contributed by atoms with Gasteiger partial charge in [0.1, 0.15) is 6.04 Å². The number of rotatable bonds is 5. The lowest BCUT2D eigenvalue weighted by atomic mass is 10.1. The van der Waals surface area contributed by atoms with Crippen LogP contribution in [-0.2, 0) is 11.2 Å². The van der Waals surface area contributed by atoms with E-state index in [2.05, 4.69) is 10.6 Å². The van der Waals surface area contributed by atoms with Gasteiger partial charge < -0.3 is 15.7 Å². The molecule has 0 aliphatic heterocycles. The Morgan fingerprint density at radius 3 is 2.32 bits per heavy atom. The average Bonchev–Trinajstić information content (AvgIpc) is 2.62. The molecule has 5 heteroatoms. The maximum absolute atomic E-state index is 12.3. The van der Waals surface area contributed by atoms with Crippen molar-refractivity contribution in [2.24, 2.45) is 0 Å². The van der Waals surface area contributed by atoms with Gasteiger partial charge in [-0.15, -0.1) is 0 Å². The number of hydrogen-bond acceptors (Lipinski definition) is 2. The molecule has 0 unspecified atom stereocenters. The van der Waals surface area contributed by atoms with Crippen molar-refractivity contribution in [2.75, 3.05) is 5.32 Å². The van der Waals surface area contributed by atoms with Crippen molar-refractivity contribution in [3.05, 3.63) is 78.4 Å². The summed E-state index contributed by atoms with van der Waals surface area (Å²) in [6, 6.07) is 20.9. The number of carboxylic acid groups (broad SMARTS) is 1. The fraction of sp³-hybridized carbons (Fsp3) is 0.100. The molecule has 3 rings (SSSR count). The molecule has 0 radical (unpaired) electrons. The zero-order valence-corrected chi connectivity index (χ0v) is 13.5. The second kappa shape index (κ2) is 7.49. The fourth-order valence-electron chi connectivity index (χ4n) is 2.70. The summed E-state index contributed by atoms with van der Waals surface area (Å²) in [6.45, 7) is 0. The molecule has 1 atom stereocenters. The number of hydrogen-bond donors (Lipinski definition) is 3. The van der Waals surface area contributed by atoms with Crippen LogP contribution in [0.25, 0.3) is 10.8 Å². The highest BCUT2D eigenvalue weighted by molar-refractivity contribution is 6.02. The predicted octanol–water partition coefficient (Wildman–Crippen LogP) is 3.66. The van der Waals surface area contributed by atoms with E-state index in [0.29, 0.717) is 5.69 Å². The Bertz CT molecular complexity index is 888. The number of nitrogens with one attached hydrogen (secondary N) is 2. The van der Waals surface area contributed by atoms with E-state index in [4.69, 9.17) is 0 Å². The van der Waals surface area contributed by atoms with Crippen LogP contribution in [0.2, 0.25) is 0 Å². The molecule has 0 aliphatic rings. The fourth-order valence-corrected chi connectivity index (χ4v) is 2.70. The minimum atomic E-state index is -1.07. The Labute approximate surface area is 145 Å². The Hall–Kier alpha value is -3.34. The van der Waals surface area contributed by atoms with Crippen LogP contribution in [0.3, 0.4) is 0 Å². The van der Waals surface area contributed by atoms with Gasteiger partial charge in [0.05, 0.1) is 5.69 Å². The highest BCUT2D eigenvalue weighted by Gasteiger charge is 2.20. The molecule has 0 aliphatic carbocycles. The van der Waals surface area contributed by atoms with Crippen LogP contribution in [0.5, 0.6) is 0 Å². The van der Waals surface area contributed by atoms with Gasteiger partial charge in [-0.25, -0.2) is 9.59 Å². The van der Waals surface area contributed by atoms with Crippen molar-refractivity contribution >= 4 is 28.5 Å². The highest BCUT2D eigenvalue weighted by Crippen LogP contribution is 2.22. The van der Waals surface area contributed by atoms with Gasteiger partial charge in [0.2, 0.25) is 0 Å². The van der Waals surface area contributed by atoms with Crippen LogP contribution in [0.4, 0.5) is 10.5 Å². The number of urea groups is 1. The third-order valence-electron chi connectivity index (χ3n) is 3.92. The van der Waals surface area contributed by atoms with Crippen molar-refractivity contribution in [1.29, 1.82) is 0 Å². The smallest absolute Gasteiger partial charge is 0.326 e. The van der Waals surface area contributed by atoms with Crippen molar-refractivity contribution < 1.29 is 14.7 Å². The third kappa shape index (κ3) is 4.14. The minimum Gasteiger partial charge on any atom is -0.480 e. The summed E-state index contributed by atoms with van der Waals surface area (Å²) in [5.41, 5.74) is 1.49. The Kier molecular flexibility index (Phi) is 4.95. The van der Waals surface area contributed by atoms with Gasteiger partial charge in [-0.3, -0.25) is 0 Å². The molecule has 0 saturated heterocycles. The van der Waals surface area contributed by atoms with Gasteiger partial charge in [0, 0.05) is 11.8 Å². The summed E-state index contributed by atoms with van der Waals surface area (Å²) in [7, 11) is 0. The van der Waals surface area contributed by atoms with Crippen LogP contribution < -0.4 is 10.6 Å². The molecule has 3 aromatic rings. The molecule has 0 spiro atoms. The Morgan fingerprint density at radius 2 is 1.56 bits per heavy atom. The second-order valence-electron chi connectivity index (χ2n) is 5.71. The quantitative estimate of drug-likeness (QED) is 0.666. The monoisotopic (exact) mass is 334 g/mol. The molecule has 0 fully saturated rings. The number of fused-ring (bicyclic) bond motifs is 1. The SMILES string of the molecule is O=C(Nc1cccc2ccccc12)N[C@@H](Cc1ccccc1)C(=O)O. The van der Waals surface area contributed by atoms with Crippen LogP contribution >= 0.6 is 0 Å². The number of carbonyl (C=O) groups is 2. The molecule has 126 valence electrons. The van der Waals surface area contributed by atoms with E-state index in [-0.39, 0.29) is 6.42 Å². The maximum atomic E-state index is 12.3. The van der Waals surface area contributed by atoms with Gasteiger partial charge >= 0.3 is 12.0 Å². The lowest BCUT2D eigenvalue weighted by molar-refractivity contribution is -0.139. The minimum absolute atomic E-state index is 0.221. The number of carbonyl (C=O) groups excluding carboxylic acids is 1. The van der Waals surface area contributed by atoms with E-state index in [1.54, 1.807) is 6.07 Å². The zero-order valence-electron chi connectivity index (χ0n) is 13.5. The van der Waals surface area contributed by atoms with E-state index in [1.165, 1.54) is 0 Å². The van der Waals surface area contributed by atoms with Gasteiger partial charge in [-0.05, 0) is 17.0 Å². The molecule has 0 aromatic heterocycles. The van der Waals surface area contributed by atoms with Crippen molar-refractivity contribution in [3.63, 3.8) is 0 Å². The van der Waals surface area contributed by atoms with E-state index in [9.17, 15) is 14.7 Å². The molecule has 3 N–H and O–H groups in total. The van der Waals surface area contributed by atoms with Crippen molar-refractivity contribution in [1.82, 2.24) is 5.32 Å². The summed E-state index contributed by atoms with van der Waals surface area (Å²) in [5, 5.41) is 16.5. The summed E-state index contributed by atoms with van der Waals surface area (Å²) in [5.74, 6) is -1.07. The molecule has 0 heterocycles. The Balaban J connectivity index is 1.72. The second-order valence-corrected chi connectivity index (χ2v) is 5.71. The zero-order chi connectivity index (χ0) is 17.6. The summed E-state index contributed by atoms with van der Waals surface area (Å²) < 4.78 is 0. The van der Waals surface area contributed by atoms with Crippen molar-refractivity contribution in [2.45, 2.75) is 12.5 Å². The third-order valence-corrected chi connectivity index (χ3v) is 3.92. The largest absolute Gasteiger partial charge is 0.480 e. The molecular weight excluding hydrogens is 316 g/mol. The van der Waals surface area contributed by atoms with E-state index >= 15 is 0 Å². The molecule has 2 amide bonds. The van der Waals surface area contributed by atoms with E-state index in [0.717, 1.165) is 16.3 Å². The standard InChI is InChI=1S/C20H18N2O3/c23-19(24)18(13-14-7-2-1-3-8-14)22-20(25)21-17-12-6-10-15-9-4-5-11-16(15)17/h1-12,18H,13H2,(H,23,24)(H2,21,22,25)/t18-/m0/s1. The normalized spacial score (nSPS) is 11.7. The van der Waals surface area contributed by atoms with Crippen LogP contribution in [0, 0.1) is 0 Å². The van der Waals surface area contributed by atoms with Crippen LogP contribution in [0.1, 0.15) is 5.56 Å². The number of amides is 2. The molecule has 0 bridgehead atoms. The summed E-state index contributed by atoms with van der Waals surface area (Å²) in [6.07, 6.45) is 0.221. The lowest BCUT2D eigenvalue weighted by Gasteiger charge is -2.16. The number of benzene rings is 3. The van der Waals surface area contributed by atoms with Crippen LogP contribution in [0.15, 0.2) is 72.8 Å². The van der Waals surface area contributed by atoms with Crippen LogP contribution in [-0.4, -0.2) is 23.1 Å². The Morgan fingerprint density at radius 1 is 0.880 bits per heavy atom. The highest BCUT2D eigenvalue weighted by atomic mass is 16.4. The average molecular weight is 334 g/mol. The number of carboxylic acids is 1. The molecule has 3 aromatic carbocycles. The lowest BCUT2D eigenvalue weighted by Crippen LogP contribution is -2.44.